The van der Waals surface area contributed by atoms with Crippen LogP contribution in [0.2, 0.25) is 5.02 Å². The van der Waals surface area contributed by atoms with Gasteiger partial charge in [-0.1, -0.05) is 50.6 Å². The van der Waals surface area contributed by atoms with Gasteiger partial charge in [0.05, 0.1) is 12.7 Å². The Balaban J connectivity index is 1.55. The van der Waals surface area contributed by atoms with Crippen molar-refractivity contribution < 1.29 is 4.42 Å². The Morgan fingerprint density at radius 1 is 1.16 bits per heavy atom. The van der Waals surface area contributed by atoms with Crippen molar-refractivity contribution >= 4 is 11.6 Å². The molecule has 1 saturated heterocycles. The molecule has 25 heavy (non-hydrogen) atoms. The van der Waals surface area contributed by atoms with Gasteiger partial charge in [-0.2, -0.15) is 0 Å². The third-order valence-electron chi connectivity index (χ3n) is 4.96. The van der Waals surface area contributed by atoms with Crippen molar-refractivity contribution in [3.63, 3.8) is 0 Å². The summed E-state index contributed by atoms with van der Waals surface area (Å²) in [5, 5.41) is 0.854. The molecule has 0 saturated carbocycles. The van der Waals surface area contributed by atoms with Gasteiger partial charge in [0.15, 0.2) is 0 Å². The molecule has 4 nitrogen and oxygen atoms in total. The molecule has 0 spiro atoms. The van der Waals surface area contributed by atoms with Gasteiger partial charge in [0.1, 0.15) is 5.76 Å². The van der Waals surface area contributed by atoms with Crippen molar-refractivity contribution in [1.82, 2.24) is 14.8 Å². The highest BCUT2D eigenvalue weighted by Crippen LogP contribution is 2.28. The van der Waals surface area contributed by atoms with Crippen LogP contribution in [0.1, 0.15) is 51.0 Å². The Kier molecular flexibility index (Phi) is 5.52. The van der Waals surface area contributed by atoms with Crippen LogP contribution in [-0.4, -0.2) is 41.0 Å². The fraction of sp³-hybridized carbons (Fsp3) is 0.550. The maximum absolute atomic E-state index is 6.36. The minimum Gasteiger partial charge on any atom is -0.444 e. The van der Waals surface area contributed by atoms with E-state index in [1.54, 1.807) is 0 Å². The van der Waals surface area contributed by atoms with Gasteiger partial charge >= 0.3 is 0 Å². The lowest BCUT2D eigenvalue weighted by Crippen LogP contribution is -2.46. The normalized spacial score (nSPS) is 18.4. The van der Waals surface area contributed by atoms with E-state index in [4.69, 9.17) is 16.0 Å². The van der Waals surface area contributed by atoms with E-state index in [0.717, 1.165) is 49.4 Å². The average molecular weight is 362 g/mol. The number of rotatable bonds is 4. The number of halogens is 1. The van der Waals surface area contributed by atoms with E-state index in [2.05, 4.69) is 54.6 Å². The largest absolute Gasteiger partial charge is 0.444 e. The third kappa shape index (κ3) is 4.43. The molecule has 0 N–H and O–H groups in total. The van der Waals surface area contributed by atoms with E-state index in [0.29, 0.717) is 6.04 Å². The van der Waals surface area contributed by atoms with E-state index in [9.17, 15) is 0 Å². The Hall–Kier alpha value is -1.36. The minimum absolute atomic E-state index is 0.00827. The fourth-order valence-electron chi connectivity index (χ4n) is 3.24. The Labute approximate surface area is 155 Å². The molecule has 1 aromatic heterocycles. The quantitative estimate of drug-likeness (QED) is 0.802. The lowest BCUT2D eigenvalue weighted by Gasteiger charge is -2.38. The highest BCUT2D eigenvalue weighted by Gasteiger charge is 2.25. The monoisotopic (exact) mass is 361 g/mol. The number of nitrogens with zero attached hydrogens (tertiary/aromatic N) is 3. The molecule has 2 heterocycles. The summed E-state index contributed by atoms with van der Waals surface area (Å²) in [5.41, 5.74) is 1.22. The standard InChI is InChI=1S/C20H28ClN3O/c1-15(16-7-5-6-8-17(16)21)24-11-9-23(10-12-24)14-19-22-13-18(25-19)20(2,3)4/h5-8,13,15H,9-12,14H2,1-4H3. The van der Waals surface area contributed by atoms with E-state index in [1.807, 2.05) is 18.3 Å². The molecular weight excluding hydrogens is 334 g/mol. The summed E-state index contributed by atoms with van der Waals surface area (Å²) in [7, 11) is 0. The van der Waals surface area contributed by atoms with Crippen molar-refractivity contribution in [3.8, 4) is 0 Å². The van der Waals surface area contributed by atoms with Crippen LogP contribution in [0.15, 0.2) is 34.9 Å². The molecule has 5 heteroatoms. The Morgan fingerprint density at radius 3 is 2.44 bits per heavy atom. The third-order valence-corrected chi connectivity index (χ3v) is 5.31. The second-order valence-corrected chi connectivity index (χ2v) is 8.29. The first-order chi connectivity index (χ1) is 11.8. The molecule has 0 aliphatic carbocycles. The first kappa shape index (κ1) is 18.4. The van der Waals surface area contributed by atoms with Crippen LogP contribution in [0.4, 0.5) is 0 Å². The number of oxazole rings is 1. The summed E-state index contributed by atoms with van der Waals surface area (Å²) in [6.07, 6.45) is 1.87. The summed E-state index contributed by atoms with van der Waals surface area (Å²) in [6, 6.07) is 8.48. The van der Waals surface area contributed by atoms with Gasteiger partial charge in [0.2, 0.25) is 5.89 Å². The number of hydrogen-bond acceptors (Lipinski definition) is 4. The Bertz CT molecular complexity index is 699. The molecule has 1 atom stereocenters. The van der Waals surface area contributed by atoms with Crippen molar-refractivity contribution in [1.29, 1.82) is 0 Å². The minimum atomic E-state index is 0.00827. The molecule has 3 rings (SSSR count). The molecule has 1 aromatic carbocycles. The van der Waals surface area contributed by atoms with E-state index >= 15 is 0 Å². The number of benzene rings is 1. The van der Waals surface area contributed by atoms with Crippen molar-refractivity contribution in [2.24, 2.45) is 0 Å². The molecular formula is C20H28ClN3O. The van der Waals surface area contributed by atoms with Crippen LogP contribution in [-0.2, 0) is 12.0 Å². The average Bonchev–Trinajstić information content (AvgIpc) is 3.04. The summed E-state index contributed by atoms with van der Waals surface area (Å²) in [4.78, 5) is 9.36. The van der Waals surface area contributed by atoms with Gasteiger partial charge in [-0.05, 0) is 18.6 Å². The van der Waals surface area contributed by atoms with E-state index < -0.39 is 0 Å². The fourth-order valence-corrected chi connectivity index (χ4v) is 3.53. The summed E-state index contributed by atoms with van der Waals surface area (Å²) >= 11 is 6.36. The summed E-state index contributed by atoms with van der Waals surface area (Å²) < 4.78 is 5.93. The lowest BCUT2D eigenvalue weighted by molar-refractivity contribution is 0.0915. The second kappa shape index (κ2) is 7.48. The predicted octanol–water partition coefficient (Wildman–Crippen LogP) is 4.50. The van der Waals surface area contributed by atoms with Gasteiger partial charge in [-0.15, -0.1) is 0 Å². The predicted molar refractivity (Wildman–Crippen MR) is 102 cm³/mol. The van der Waals surface area contributed by atoms with Gasteiger partial charge in [0.25, 0.3) is 0 Å². The number of aromatic nitrogens is 1. The van der Waals surface area contributed by atoms with Crippen molar-refractivity contribution in [2.75, 3.05) is 26.2 Å². The molecule has 0 radical (unpaired) electrons. The molecule has 0 bridgehead atoms. The van der Waals surface area contributed by atoms with Crippen molar-refractivity contribution in [2.45, 2.75) is 45.7 Å². The van der Waals surface area contributed by atoms with Crippen LogP contribution >= 0.6 is 11.6 Å². The SMILES string of the molecule is CC(c1ccccc1Cl)N1CCN(Cc2ncc(C(C)(C)C)o2)CC1. The van der Waals surface area contributed by atoms with Gasteiger partial charge in [-0.25, -0.2) is 4.98 Å². The van der Waals surface area contributed by atoms with Crippen molar-refractivity contribution in [3.05, 3.63) is 52.7 Å². The smallest absolute Gasteiger partial charge is 0.208 e. The maximum Gasteiger partial charge on any atom is 0.208 e. The second-order valence-electron chi connectivity index (χ2n) is 7.88. The zero-order valence-electron chi connectivity index (χ0n) is 15.6. The first-order valence-electron chi connectivity index (χ1n) is 9.00. The topological polar surface area (TPSA) is 32.5 Å². The molecule has 1 unspecified atom stereocenters. The molecule has 0 amide bonds. The van der Waals surface area contributed by atoms with Gasteiger partial charge in [0, 0.05) is 42.7 Å². The number of hydrogen-bond donors (Lipinski definition) is 0. The van der Waals surface area contributed by atoms with E-state index in [-0.39, 0.29) is 5.41 Å². The number of piperazine rings is 1. The zero-order chi connectivity index (χ0) is 18.0. The zero-order valence-corrected chi connectivity index (χ0v) is 16.4. The lowest BCUT2D eigenvalue weighted by atomic mass is 9.94. The highest BCUT2D eigenvalue weighted by molar-refractivity contribution is 6.31. The van der Waals surface area contributed by atoms with Crippen LogP contribution in [0, 0.1) is 0 Å². The van der Waals surface area contributed by atoms with Gasteiger partial charge < -0.3 is 4.42 Å². The molecule has 136 valence electrons. The van der Waals surface area contributed by atoms with E-state index in [1.165, 1.54) is 5.56 Å². The molecule has 2 aromatic rings. The van der Waals surface area contributed by atoms with Crippen LogP contribution in [0.25, 0.3) is 0 Å². The first-order valence-corrected chi connectivity index (χ1v) is 9.38. The van der Waals surface area contributed by atoms with Gasteiger partial charge in [-0.3, -0.25) is 9.80 Å². The molecule has 1 aliphatic rings. The highest BCUT2D eigenvalue weighted by atomic mass is 35.5. The van der Waals surface area contributed by atoms with Crippen LogP contribution in [0.3, 0.4) is 0 Å². The van der Waals surface area contributed by atoms with Crippen LogP contribution in [0.5, 0.6) is 0 Å². The molecule has 1 fully saturated rings. The Morgan fingerprint density at radius 2 is 1.84 bits per heavy atom. The van der Waals surface area contributed by atoms with Crippen LogP contribution < -0.4 is 0 Å². The summed E-state index contributed by atoms with van der Waals surface area (Å²) in [5.74, 6) is 1.77. The summed E-state index contributed by atoms with van der Waals surface area (Å²) in [6.45, 7) is 13.5. The molecule has 1 aliphatic heterocycles. The maximum atomic E-state index is 6.36.